The molecule has 2 aromatic rings. The van der Waals surface area contributed by atoms with Gasteiger partial charge in [-0.3, -0.25) is 14.5 Å². The van der Waals surface area contributed by atoms with Crippen molar-refractivity contribution in [3.63, 3.8) is 0 Å². The smallest absolute Gasteiger partial charge is 0.251 e. The molecule has 6 heteroatoms. The molecule has 0 unspecified atom stereocenters. The van der Waals surface area contributed by atoms with Crippen molar-refractivity contribution in [3.05, 3.63) is 66.0 Å². The average molecular weight is 395 g/mol. The Morgan fingerprint density at radius 3 is 2.28 bits per heavy atom. The highest BCUT2D eigenvalue weighted by molar-refractivity contribution is 6.22. The lowest BCUT2D eigenvalue weighted by Gasteiger charge is -2.37. The van der Waals surface area contributed by atoms with Gasteiger partial charge >= 0.3 is 0 Å². The van der Waals surface area contributed by atoms with Crippen molar-refractivity contribution in [2.75, 3.05) is 37.6 Å². The van der Waals surface area contributed by atoms with E-state index in [2.05, 4.69) is 34.1 Å². The van der Waals surface area contributed by atoms with Crippen molar-refractivity contribution in [2.45, 2.75) is 25.3 Å². The Bertz CT molecular complexity index is 848. The molecule has 2 fully saturated rings. The number of anilines is 1. The maximum absolute atomic E-state index is 13.2. The van der Waals surface area contributed by atoms with Crippen molar-refractivity contribution in [1.29, 1.82) is 0 Å². The van der Waals surface area contributed by atoms with Gasteiger partial charge in [-0.25, -0.2) is 9.29 Å². The number of imide groups is 1. The molecule has 2 saturated heterocycles. The standard InChI is InChI=1S/C23H26FN3O2/c24-19-8-10-20(11-9-19)27-22(28)17-21(23(27)29)26-15-13-25(14-16-26)12-4-7-18-5-2-1-3-6-18/h1-3,5-6,8-11,21H,4,7,12-17H2/t21-/m0/s1. The van der Waals surface area contributed by atoms with Crippen LogP contribution in [0.4, 0.5) is 10.1 Å². The van der Waals surface area contributed by atoms with Crippen LogP contribution in [0.2, 0.25) is 0 Å². The molecule has 1 atom stereocenters. The lowest BCUT2D eigenvalue weighted by molar-refractivity contribution is -0.123. The highest BCUT2D eigenvalue weighted by Gasteiger charge is 2.43. The van der Waals surface area contributed by atoms with E-state index in [-0.39, 0.29) is 24.1 Å². The van der Waals surface area contributed by atoms with Crippen LogP contribution in [0, 0.1) is 5.82 Å². The average Bonchev–Trinajstić information content (AvgIpc) is 3.04. The van der Waals surface area contributed by atoms with Gasteiger partial charge in [0.2, 0.25) is 5.91 Å². The Balaban J connectivity index is 1.28. The summed E-state index contributed by atoms with van der Waals surface area (Å²) in [4.78, 5) is 31.1. The summed E-state index contributed by atoms with van der Waals surface area (Å²) in [5, 5.41) is 0. The van der Waals surface area contributed by atoms with Gasteiger partial charge in [-0.15, -0.1) is 0 Å². The fraction of sp³-hybridized carbons (Fsp3) is 0.391. The minimum absolute atomic E-state index is 0.195. The largest absolute Gasteiger partial charge is 0.301 e. The summed E-state index contributed by atoms with van der Waals surface area (Å²) in [6.07, 6.45) is 2.39. The highest BCUT2D eigenvalue weighted by atomic mass is 19.1. The lowest BCUT2D eigenvalue weighted by Crippen LogP contribution is -2.52. The summed E-state index contributed by atoms with van der Waals surface area (Å²) in [7, 11) is 0. The number of carbonyl (C=O) groups is 2. The topological polar surface area (TPSA) is 43.9 Å². The first-order chi connectivity index (χ1) is 14.1. The van der Waals surface area contributed by atoms with Crippen molar-refractivity contribution < 1.29 is 14.0 Å². The third-order valence-corrected chi connectivity index (χ3v) is 5.84. The van der Waals surface area contributed by atoms with Gasteiger partial charge in [0.1, 0.15) is 5.82 Å². The molecular formula is C23H26FN3O2. The van der Waals surface area contributed by atoms with Crippen molar-refractivity contribution in [3.8, 4) is 0 Å². The minimum atomic E-state index is -0.404. The van der Waals surface area contributed by atoms with Crippen LogP contribution in [-0.4, -0.2) is 60.4 Å². The Morgan fingerprint density at radius 1 is 0.897 bits per heavy atom. The quantitative estimate of drug-likeness (QED) is 0.706. The Hall–Kier alpha value is -2.57. The van der Waals surface area contributed by atoms with E-state index < -0.39 is 6.04 Å². The Kier molecular flexibility index (Phi) is 6.02. The number of aryl methyl sites for hydroxylation is 1. The molecule has 0 saturated carbocycles. The van der Waals surface area contributed by atoms with Gasteiger partial charge in [-0.1, -0.05) is 30.3 Å². The van der Waals surface area contributed by atoms with Crippen LogP contribution in [0.1, 0.15) is 18.4 Å². The van der Waals surface area contributed by atoms with Crippen LogP contribution >= 0.6 is 0 Å². The van der Waals surface area contributed by atoms with Crippen LogP contribution in [0.25, 0.3) is 0 Å². The van der Waals surface area contributed by atoms with E-state index >= 15 is 0 Å². The first-order valence-corrected chi connectivity index (χ1v) is 10.2. The van der Waals surface area contributed by atoms with Gasteiger partial charge < -0.3 is 4.90 Å². The fourth-order valence-electron chi connectivity index (χ4n) is 4.21. The summed E-state index contributed by atoms with van der Waals surface area (Å²) in [6, 6.07) is 15.6. The molecule has 152 valence electrons. The van der Waals surface area contributed by atoms with Gasteiger partial charge in [-0.2, -0.15) is 0 Å². The number of nitrogens with zero attached hydrogens (tertiary/aromatic N) is 3. The molecule has 0 bridgehead atoms. The number of rotatable bonds is 6. The number of halogens is 1. The number of carbonyl (C=O) groups excluding carboxylic acids is 2. The molecule has 0 aliphatic carbocycles. The molecule has 2 aliphatic rings. The van der Waals surface area contributed by atoms with Crippen LogP contribution in [-0.2, 0) is 16.0 Å². The zero-order valence-corrected chi connectivity index (χ0v) is 16.5. The van der Waals surface area contributed by atoms with E-state index in [4.69, 9.17) is 0 Å². The van der Waals surface area contributed by atoms with Gasteiger partial charge in [0.15, 0.2) is 0 Å². The number of amides is 2. The van der Waals surface area contributed by atoms with Crippen molar-refractivity contribution in [1.82, 2.24) is 9.80 Å². The molecule has 4 rings (SSSR count). The number of hydrogen-bond acceptors (Lipinski definition) is 4. The number of benzene rings is 2. The second kappa shape index (κ2) is 8.84. The molecule has 0 radical (unpaired) electrons. The summed E-state index contributed by atoms with van der Waals surface area (Å²) in [5.41, 5.74) is 1.81. The van der Waals surface area contributed by atoms with Crippen LogP contribution in [0.15, 0.2) is 54.6 Å². The molecule has 29 heavy (non-hydrogen) atoms. The fourth-order valence-corrected chi connectivity index (χ4v) is 4.21. The summed E-state index contributed by atoms with van der Waals surface area (Å²) < 4.78 is 13.2. The molecule has 2 amide bonds. The van der Waals surface area contributed by atoms with E-state index in [0.717, 1.165) is 45.6 Å². The summed E-state index contributed by atoms with van der Waals surface area (Å²) >= 11 is 0. The highest BCUT2D eigenvalue weighted by Crippen LogP contribution is 2.26. The van der Waals surface area contributed by atoms with Crippen LogP contribution in [0.5, 0.6) is 0 Å². The van der Waals surface area contributed by atoms with E-state index in [9.17, 15) is 14.0 Å². The second-order valence-corrected chi connectivity index (χ2v) is 7.73. The van der Waals surface area contributed by atoms with Gasteiger partial charge in [0.05, 0.1) is 18.2 Å². The van der Waals surface area contributed by atoms with E-state index in [1.165, 1.54) is 34.7 Å². The van der Waals surface area contributed by atoms with Gasteiger partial charge in [0.25, 0.3) is 5.91 Å². The third-order valence-electron chi connectivity index (χ3n) is 5.84. The molecule has 5 nitrogen and oxygen atoms in total. The zero-order valence-electron chi connectivity index (χ0n) is 16.5. The third kappa shape index (κ3) is 4.54. The minimum Gasteiger partial charge on any atom is -0.301 e. The molecule has 0 aromatic heterocycles. The molecule has 0 N–H and O–H groups in total. The lowest BCUT2D eigenvalue weighted by atomic mass is 10.1. The maximum Gasteiger partial charge on any atom is 0.251 e. The van der Waals surface area contributed by atoms with E-state index in [0.29, 0.717) is 5.69 Å². The Labute approximate surface area is 170 Å². The summed E-state index contributed by atoms with van der Waals surface area (Å²) in [6.45, 7) is 4.42. The number of hydrogen-bond donors (Lipinski definition) is 0. The van der Waals surface area contributed by atoms with Crippen molar-refractivity contribution >= 4 is 17.5 Å². The monoisotopic (exact) mass is 395 g/mol. The maximum atomic E-state index is 13.2. The second-order valence-electron chi connectivity index (χ2n) is 7.73. The molecule has 2 aliphatic heterocycles. The van der Waals surface area contributed by atoms with E-state index in [1.54, 1.807) is 0 Å². The van der Waals surface area contributed by atoms with Crippen LogP contribution in [0.3, 0.4) is 0 Å². The molecule has 2 aromatic carbocycles. The molecule has 2 heterocycles. The van der Waals surface area contributed by atoms with Gasteiger partial charge in [-0.05, 0) is 49.2 Å². The first kappa shape index (κ1) is 19.7. The SMILES string of the molecule is O=C1C[C@H](N2CCN(CCCc3ccccc3)CC2)C(=O)N1c1ccc(F)cc1. The van der Waals surface area contributed by atoms with Gasteiger partial charge in [0, 0.05) is 26.2 Å². The molecule has 0 spiro atoms. The predicted molar refractivity (Wildman–Crippen MR) is 110 cm³/mol. The normalized spacial score (nSPS) is 21.1. The van der Waals surface area contributed by atoms with Crippen molar-refractivity contribution in [2.24, 2.45) is 0 Å². The van der Waals surface area contributed by atoms with E-state index in [1.807, 2.05) is 6.07 Å². The zero-order chi connectivity index (χ0) is 20.2. The molecular weight excluding hydrogens is 369 g/mol. The first-order valence-electron chi connectivity index (χ1n) is 10.2. The number of piperazine rings is 1. The predicted octanol–water partition coefficient (Wildman–Crippen LogP) is 2.71. The summed E-state index contributed by atoms with van der Waals surface area (Å²) in [5.74, 6) is -0.788. The van der Waals surface area contributed by atoms with Crippen LogP contribution < -0.4 is 4.90 Å². The Morgan fingerprint density at radius 2 is 1.59 bits per heavy atom.